The highest BCUT2D eigenvalue weighted by molar-refractivity contribution is 5.98. The molecule has 4 aliphatic carbocycles. The van der Waals surface area contributed by atoms with E-state index >= 15 is 0 Å². The van der Waals surface area contributed by atoms with Crippen LogP contribution < -0.4 is 21.3 Å². The predicted octanol–water partition coefficient (Wildman–Crippen LogP) is 7.06. The predicted molar refractivity (Wildman–Crippen MR) is 217 cm³/mol. The molecule has 3 saturated carbocycles. The molecule has 8 unspecified atom stereocenters. The maximum Gasteiger partial charge on any atom is 0.246 e. The third-order valence-electron chi connectivity index (χ3n) is 13.4. The van der Waals surface area contributed by atoms with Gasteiger partial charge in [0.25, 0.3) is 0 Å². The van der Waals surface area contributed by atoms with E-state index in [4.69, 9.17) is 9.84 Å². The molecule has 55 heavy (non-hydrogen) atoms. The molecule has 306 valence electrons. The van der Waals surface area contributed by atoms with Crippen molar-refractivity contribution in [2.24, 2.45) is 47.3 Å². The smallest absolute Gasteiger partial charge is 0.246 e. The molecule has 10 nitrogen and oxygen atoms in total. The summed E-state index contributed by atoms with van der Waals surface area (Å²) in [5.74, 6) is 5.55. The first-order valence-corrected chi connectivity index (χ1v) is 21.6. The van der Waals surface area contributed by atoms with Gasteiger partial charge in [0.05, 0.1) is 12.7 Å². The molecule has 0 aliphatic heterocycles. The van der Waals surface area contributed by atoms with Crippen molar-refractivity contribution >= 4 is 29.3 Å². The van der Waals surface area contributed by atoms with Crippen molar-refractivity contribution < 1.29 is 29.0 Å². The summed E-state index contributed by atoms with van der Waals surface area (Å²) in [5, 5.41) is 20.0. The van der Waals surface area contributed by atoms with Crippen molar-refractivity contribution in [1.29, 1.82) is 0 Å². The summed E-state index contributed by atoms with van der Waals surface area (Å²) < 4.78 is 6.32. The second-order valence-corrected chi connectivity index (χ2v) is 17.7. The van der Waals surface area contributed by atoms with Gasteiger partial charge in [-0.1, -0.05) is 63.8 Å². The number of rotatable bonds is 19. The minimum absolute atomic E-state index is 0.0226. The Labute approximate surface area is 330 Å². The van der Waals surface area contributed by atoms with Crippen molar-refractivity contribution in [3.63, 3.8) is 0 Å². The summed E-state index contributed by atoms with van der Waals surface area (Å²) in [7, 11) is 0. The van der Waals surface area contributed by atoms with E-state index in [0.717, 1.165) is 72.2 Å². The molecule has 5 N–H and O–H groups in total. The third kappa shape index (κ3) is 12.1. The van der Waals surface area contributed by atoms with E-state index in [9.17, 15) is 19.2 Å². The van der Waals surface area contributed by atoms with E-state index in [1.54, 1.807) is 36.8 Å². The van der Waals surface area contributed by atoms with Gasteiger partial charge in [0, 0.05) is 31.7 Å². The first-order chi connectivity index (χ1) is 26.4. The van der Waals surface area contributed by atoms with Crippen molar-refractivity contribution in [1.82, 2.24) is 16.0 Å². The monoisotopic (exact) mass is 763 g/mol. The van der Waals surface area contributed by atoms with Gasteiger partial charge in [0.1, 0.15) is 12.1 Å². The number of nitrogens with one attached hydrogen (secondary N) is 4. The van der Waals surface area contributed by atoms with Gasteiger partial charge in [-0.3, -0.25) is 19.2 Å². The number of amides is 4. The molecule has 5 rings (SSSR count). The van der Waals surface area contributed by atoms with Crippen LogP contribution in [-0.2, 0) is 30.5 Å². The number of hydrogen-bond donors (Lipinski definition) is 5. The molecule has 4 aliphatic rings. The third-order valence-corrected chi connectivity index (χ3v) is 13.4. The normalized spacial score (nSPS) is 27.4. The van der Waals surface area contributed by atoms with Gasteiger partial charge in [0.2, 0.25) is 23.6 Å². The van der Waals surface area contributed by atoms with E-state index in [-0.39, 0.29) is 31.5 Å². The minimum Gasteiger partial charge on any atom is -0.392 e. The Morgan fingerprint density at radius 2 is 1.47 bits per heavy atom. The van der Waals surface area contributed by atoms with Gasteiger partial charge < -0.3 is 31.1 Å². The number of ether oxygens (including phenoxy) is 1. The molecule has 1 aromatic rings. The Balaban J connectivity index is 0.922. The lowest BCUT2D eigenvalue weighted by Gasteiger charge is -2.50. The van der Waals surface area contributed by atoms with Crippen LogP contribution in [0.25, 0.3) is 0 Å². The van der Waals surface area contributed by atoms with Crippen LogP contribution in [0.1, 0.15) is 130 Å². The molecule has 0 spiro atoms. The molecule has 0 saturated heterocycles. The maximum absolute atomic E-state index is 12.6. The van der Waals surface area contributed by atoms with Crippen LogP contribution in [0, 0.1) is 47.3 Å². The number of fused-ring (bicyclic) bond motifs is 5. The van der Waals surface area contributed by atoms with Gasteiger partial charge in [-0.25, -0.2) is 0 Å². The molecular weight excluding hydrogens is 693 g/mol. The highest BCUT2D eigenvalue weighted by atomic mass is 16.5. The Kier molecular flexibility index (Phi) is 16.2. The van der Waals surface area contributed by atoms with Crippen LogP contribution in [0.4, 0.5) is 5.69 Å². The molecule has 0 radical (unpaired) electrons. The Morgan fingerprint density at radius 3 is 2.22 bits per heavy atom. The zero-order chi connectivity index (χ0) is 39.5. The summed E-state index contributed by atoms with van der Waals surface area (Å²) in [6.07, 6.45) is 18.3. The van der Waals surface area contributed by atoms with Crippen molar-refractivity contribution in [2.45, 2.75) is 149 Å². The Morgan fingerprint density at radius 1 is 0.764 bits per heavy atom. The minimum atomic E-state index is -0.874. The number of carbonyl (C=O) groups is 4. The van der Waals surface area contributed by atoms with Gasteiger partial charge in [0.15, 0.2) is 0 Å². The number of anilines is 1. The number of carbonyl (C=O) groups excluding carboxylic acids is 4. The van der Waals surface area contributed by atoms with Gasteiger partial charge >= 0.3 is 0 Å². The molecule has 0 aromatic heterocycles. The number of allylic oxidation sites excluding steroid dienone is 1. The molecule has 10 atom stereocenters. The zero-order valence-electron chi connectivity index (χ0n) is 34.2. The number of benzene rings is 1. The van der Waals surface area contributed by atoms with Crippen molar-refractivity contribution in [3.05, 3.63) is 41.5 Å². The molecule has 0 bridgehead atoms. The summed E-state index contributed by atoms with van der Waals surface area (Å²) in [4.78, 5) is 49.9. The summed E-state index contributed by atoms with van der Waals surface area (Å²) in [6, 6.07) is 5.01. The average Bonchev–Trinajstić information content (AvgIpc) is 3.61. The van der Waals surface area contributed by atoms with Crippen LogP contribution in [0.2, 0.25) is 0 Å². The fourth-order valence-electron chi connectivity index (χ4n) is 10.4. The number of aliphatic hydroxyl groups is 1. The average molecular weight is 763 g/mol. The van der Waals surface area contributed by atoms with Crippen molar-refractivity contribution in [2.75, 3.05) is 18.5 Å². The van der Waals surface area contributed by atoms with Crippen LogP contribution in [-0.4, -0.2) is 60.1 Å². The summed E-state index contributed by atoms with van der Waals surface area (Å²) in [6.45, 7) is 11.4. The van der Waals surface area contributed by atoms with Crippen molar-refractivity contribution in [3.8, 4) is 0 Å². The van der Waals surface area contributed by atoms with Gasteiger partial charge in [-0.15, -0.1) is 0 Å². The van der Waals surface area contributed by atoms with E-state index in [1.165, 1.54) is 64.7 Å². The summed E-state index contributed by atoms with van der Waals surface area (Å²) in [5.41, 5.74) is 2.92. The van der Waals surface area contributed by atoms with E-state index < -0.39 is 29.8 Å². The zero-order valence-corrected chi connectivity index (χ0v) is 34.2. The quantitative estimate of drug-likeness (QED) is 0.0754. The Hall–Kier alpha value is -3.24. The second kappa shape index (κ2) is 20.8. The highest BCUT2D eigenvalue weighted by Crippen LogP contribution is 2.59. The largest absolute Gasteiger partial charge is 0.392 e. The molecule has 3 fully saturated rings. The van der Waals surface area contributed by atoms with Crippen LogP contribution >= 0.6 is 0 Å². The molecule has 4 amide bonds. The lowest BCUT2D eigenvalue weighted by atomic mass is 9.56. The first kappa shape index (κ1) is 42.9. The molecule has 1 aromatic carbocycles. The second-order valence-electron chi connectivity index (χ2n) is 17.7. The van der Waals surface area contributed by atoms with Crippen LogP contribution in [0.3, 0.4) is 0 Å². The molecular formula is C45H70N4O6. The fourth-order valence-corrected chi connectivity index (χ4v) is 10.4. The maximum atomic E-state index is 12.6. The van der Waals surface area contributed by atoms with Crippen LogP contribution in [0.15, 0.2) is 35.9 Å². The lowest BCUT2D eigenvalue weighted by molar-refractivity contribution is -0.131. The highest BCUT2D eigenvalue weighted by Gasteiger charge is 2.50. The first-order valence-electron chi connectivity index (χ1n) is 21.6. The molecule has 10 heteroatoms. The topological polar surface area (TPSA) is 146 Å². The van der Waals surface area contributed by atoms with E-state index in [2.05, 4.69) is 48.1 Å². The lowest BCUT2D eigenvalue weighted by Crippen LogP contribution is -2.50. The standard InChI is InChI=1S/C45H70N4O6/c1-28(2)8-6-9-29(3)36-18-19-41-38(36)20-21-39-37-17-15-35(26-33(37)12-16-40(39)41)55-25-7-24-46-42(51)22-23-43(52)47-30(4)44(53)48-31(5)45(54)49-34-13-10-32(27-50)11-14-34/h10-14,28-31,35-41,50H,6-9,15-27H2,1-5H3,(H,46,51)(H,47,52)(H,48,53)(H,49,54)/t29?,30?,31-,35-,36?,37?,38?,39?,40?,41?/m0/s1. The van der Waals surface area contributed by atoms with E-state index in [1.807, 2.05) is 0 Å². The fraction of sp³-hybridized carbons (Fsp3) is 0.733. The molecule has 0 heterocycles. The van der Waals surface area contributed by atoms with Crippen LogP contribution in [0.5, 0.6) is 0 Å². The van der Waals surface area contributed by atoms with E-state index in [0.29, 0.717) is 18.8 Å². The SMILES string of the molecule is CC(C)CCCC(C)C1CCC2C1CCC1C3CC[C@H](OCCCNC(=O)CCC(=O)NC(C)C(=O)N[C@@H](C)C(=O)Nc4ccc(CO)cc4)CC3=CCC12. The van der Waals surface area contributed by atoms with Gasteiger partial charge in [-0.05, 0) is 137 Å². The Bertz CT molecular complexity index is 1460. The van der Waals surface area contributed by atoms with Gasteiger partial charge in [-0.2, -0.15) is 0 Å². The summed E-state index contributed by atoms with van der Waals surface area (Å²) >= 11 is 0. The number of hydrogen-bond acceptors (Lipinski definition) is 6. The number of aliphatic hydroxyl groups excluding tert-OH is 1.